The average molecular weight is 208 g/mol. The zero-order chi connectivity index (χ0) is 10.6. The lowest BCUT2D eigenvalue weighted by Gasteiger charge is -1.94. The SMILES string of the molecule is COC(=O)C(C#N)=Cc1scnc1C. The molecule has 5 heteroatoms. The summed E-state index contributed by atoms with van der Waals surface area (Å²) in [4.78, 5) is 15.9. The molecule has 0 saturated heterocycles. The van der Waals surface area contributed by atoms with Crippen LogP contribution < -0.4 is 0 Å². The third-order valence-corrected chi connectivity index (χ3v) is 2.46. The molecule has 0 unspecified atom stereocenters. The minimum absolute atomic E-state index is 0.0140. The molecule has 0 radical (unpaired) electrons. The molecule has 0 aliphatic rings. The maximum atomic E-state index is 11.1. The molecule has 0 aliphatic carbocycles. The van der Waals surface area contributed by atoms with E-state index in [2.05, 4.69) is 9.72 Å². The Morgan fingerprint density at radius 2 is 2.50 bits per heavy atom. The number of hydrogen-bond acceptors (Lipinski definition) is 5. The number of rotatable bonds is 2. The summed E-state index contributed by atoms with van der Waals surface area (Å²) < 4.78 is 4.45. The topological polar surface area (TPSA) is 63.0 Å². The summed E-state index contributed by atoms with van der Waals surface area (Å²) in [5, 5.41) is 8.68. The highest BCUT2D eigenvalue weighted by Gasteiger charge is 2.09. The van der Waals surface area contributed by atoms with Gasteiger partial charge in [0.25, 0.3) is 0 Å². The van der Waals surface area contributed by atoms with Gasteiger partial charge in [-0.05, 0) is 13.0 Å². The predicted octanol–water partition coefficient (Wildman–Crippen LogP) is 1.53. The number of aromatic nitrogens is 1. The quantitative estimate of drug-likeness (QED) is 0.420. The van der Waals surface area contributed by atoms with Crippen molar-refractivity contribution >= 4 is 23.4 Å². The van der Waals surface area contributed by atoms with Crippen molar-refractivity contribution in [2.24, 2.45) is 0 Å². The number of hydrogen-bond donors (Lipinski definition) is 0. The Hall–Kier alpha value is -1.67. The van der Waals surface area contributed by atoms with E-state index in [0.29, 0.717) is 0 Å². The highest BCUT2D eigenvalue weighted by atomic mass is 32.1. The smallest absolute Gasteiger partial charge is 0.348 e. The first kappa shape index (κ1) is 10.4. The van der Waals surface area contributed by atoms with E-state index in [0.717, 1.165) is 10.6 Å². The molecular weight excluding hydrogens is 200 g/mol. The summed E-state index contributed by atoms with van der Waals surface area (Å²) in [6.07, 6.45) is 1.48. The minimum atomic E-state index is -0.625. The molecule has 14 heavy (non-hydrogen) atoms. The van der Waals surface area contributed by atoms with Crippen LogP contribution in [0.2, 0.25) is 0 Å². The van der Waals surface area contributed by atoms with Crippen LogP contribution in [0.3, 0.4) is 0 Å². The van der Waals surface area contributed by atoms with Crippen LogP contribution in [0.5, 0.6) is 0 Å². The van der Waals surface area contributed by atoms with Gasteiger partial charge in [-0.3, -0.25) is 0 Å². The third-order valence-electron chi connectivity index (χ3n) is 1.58. The second-order valence-electron chi connectivity index (χ2n) is 2.46. The van der Waals surface area contributed by atoms with Crippen LogP contribution in [0.1, 0.15) is 10.6 Å². The van der Waals surface area contributed by atoms with Gasteiger partial charge in [-0.15, -0.1) is 11.3 Å². The lowest BCUT2D eigenvalue weighted by Crippen LogP contribution is -2.02. The summed E-state index contributed by atoms with van der Waals surface area (Å²) in [6.45, 7) is 1.81. The second kappa shape index (κ2) is 4.53. The molecule has 1 heterocycles. The maximum Gasteiger partial charge on any atom is 0.348 e. The van der Waals surface area contributed by atoms with E-state index >= 15 is 0 Å². The molecule has 0 aromatic carbocycles. The molecule has 0 fully saturated rings. The van der Waals surface area contributed by atoms with Crippen molar-refractivity contribution in [2.45, 2.75) is 6.92 Å². The Kier molecular flexibility index (Phi) is 3.37. The summed E-state index contributed by atoms with van der Waals surface area (Å²) in [5.41, 5.74) is 2.44. The highest BCUT2D eigenvalue weighted by molar-refractivity contribution is 7.10. The first-order chi connectivity index (χ1) is 6.69. The summed E-state index contributed by atoms with van der Waals surface area (Å²) >= 11 is 1.37. The Labute approximate surface area is 85.5 Å². The van der Waals surface area contributed by atoms with Gasteiger partial charge in [0.15, 0.2) is 0 Å². The predicted molar refractivity (Wildman–Crippen MR) is 52.5 cm³/mol. The molecule has 1 aromatic heterocycles. The Balaban J connectivity index is 3.03. The molecule has 72 valence electrons. The number of methoxy groups -OCH3 is 1. The van der Waals surface area contributed by atoms with Gasteiger partial charge in [-0.2, -0.15) is 5.26 Å². The monoisotopic (exact) mass is 208 g/mol. The Bertz CT molecular complexity index is 415. The molecule has 0 atom stereocenters. The van der Waals surface area contributed by atoms with Crippen LogP contribution in [0, 0.1) is 18.3 Å². The van der Waals surface area contributed by atoms with Gasteiger partial charge in [0.1, 0.15) is 11.6 Å². The first-order valence-corrected chi connectivity index (χ1v) is 4.67. The number of nitrogens with zero attached hydrogens (tertiary/aromatic N) is 2. The molecular formula is C9H8N2O2S. The third kappa shape index (κ3) is 2.18. The second-order valence-corrected chi connectivity index (χ2v) is 3.35. The molecule has 0 spiro atoms. The van der Waals surface area contributed by atoms with Crippen molar-refractivity contribution in [1.29, 1.82) is 5.26 Å². The fraction of sp³-hybridized carbons (Fsp3) is 0.222. The van der Waals surface area contributed by atoms with Crippen molar-refractivity contribution in [3.8, 4) is 6.07 Å². The summed E-state index contributed by atoms with van der Waals surface area (Å²) in [5.74, 6) is -0.625. The average Bonchev–Trinajstić information content (AvgIpc) is 2.59. The van der Waals surface area contributed by atoms with Crippen molar-refractivity contribution in [1.82, 2.24) is 4.98 Å². The molecule has 0 aliphatic heterocycles. The van der Waals surface area contributed by atoms with E-state index < -0.39 is 5.97 Å². The zero-order valence-electron chi connectivity index (χ0n) is 7.77. The normalized spacial score (nSPS) is 10.8. The molecule has 0 amide bonds. The van der Waals surface area contributed by atoms with Crippen LogP contribution >= 0.6 is 11.3 Å². The number of carbonyl (C=O) groups is 1. The van der Waals surface area contributed by atoms with Gasteiger partial charge in [0.05, 0.1) is 23.2 Å². The Morgan fingerprint density at radius 1 is 1.79 bits per heavy atom. The van der Waals surface area contributed by atoms with E-state index in [4.69, 9.17) is 5.26 Å². The highest BCUT2D eigenvalue weighted by Crippen LogP contribution is 2.16. The van der Waals surface area contributed by atoms with Crippen molar-refractivity contribution in [3.63, 3.8) is 0 Å². The molecule has 0 saturated carbocycles. The largest absolute Gasteiger partial charge is 0.465 e. The number of aryl methyl sites for hydroxylation is 1. The van der Waals surface area contributed by atoms with Crippen LogP contribution in [0.15, 0.2) is 11.1 Å². The van der Waals surface area contributed by atoms with Crippen molar-refractivity contribution in [3.05, 3.63) is 21.7 Å². The first-order valence-electron chi connectivity index (χ1n) is 3.79. The number of carbonyl (C=O) groups excluding carboxylic acids is 1. The lowest BCUT2D eigenvalue weighted by molar-refractivity contribution is -0.135. The summed E-state index contributed by atoms with van der Waals surface area (Å²) in [7, 11) is 1.24. The fourth-order valence-electron chi connectivity index (χ4n) is 0.827. The number of nitriles is 1. The number of ether oxygens (including phenoxy) is 1. The maximum absolute atomic E-state index is 11.1. The van der Waals surface area contributed by atoms with E-state index in [1.54, 1.807) is 11.6 Å². The lowest BCUT2D eigenvalue weighted by atomic mass is 10.2. The van der Waals surface area contributed by atoms with Crippen molar-refractivity contribution in [2.75, 3.05) is 7.11 Å². The zero-order valence-corrected chi connectivity index (χ0v) is 8.59. The van der Waals surface area contributed by atoms with Gasteiger partial charge in [0.2, 0.25) is 0 Å². The van der Waals surface area contributed by atoms with Crippen molar-refractivity contribution < 1.29 is 9.53 Å². The summed E-state index contributed by atoms with van der Waals surface area (Å²) in [6, 6.07) is 1.78. The van der Waals surface area contributed by atoms with E-state index in [9.17, 15) is 4.79 Å². The fourth-order valence-corrected chi connectivity index (χ4v) is 1.56. The van der Waals surface area contributed by atoms with Crippen LogP contribution in [0.4, 0.5) is 0 Å². The molecule has 1 aromatic rings. The number of esters is 1. The van der Waals surface area contributed by atoms with Gasteiger partial charge in [-0.25, -0.2) is 9.78 Å². The Morgan fingerprint density at radius 3 is 2.93 bits per heavy atom. The van der Waals surface area contributed by atoms with Crippen LogP contribution in [0.25, 0.3) is 6.08 Å². The number of thiazole rings is 1. The minimum Gasteiger partial charge on any atom is -0.465 e. The van der Waals surface area contributed by atoms with Crippen LogP contribution in [-0.4, -0.2) is 18.1 Å². The van der Waals surface area contributed by atoms with E-state index in [1.165, 1.54) is 24.5 Å². The van der Waals surface area contributed by atoms with Gasteiger partial charge in [-0.1, -0.05) is 0 Å². The molecule has 4 nitrogen and oxygen atoms in total. The molecule has 0 N–H and O–H groups in total. The molecule has 0 bridgehead atoms. The van der Waals surface area contributed by atoms with Crippen LogP contribution in [-0.2, 0) is 9.53 Å². The van der Waals surface area contributed by atoms with E-state index in [1.807, 2.05) is 6.92 Å². The van der Waals surface area contributed by atoms with Gasteiger partial charge < -0.3 is 4.74 Å². The molecule has 1 rings (SSSR count). The van der Waals surface area contributed by atoms with Gasteiger partial charge in [0, 0.05) is 0 Å². The van der Waals surface area contributed by atoms with E-state index in [-0.39, 0.29) is 5.57 Å². The van der Waals surface area contributed by atoms with Gasteiger partial charge >= 0.3 is 5.97 Å². The standard InChI is InChI=1S/C9H8N2O2S/c1-6-8(14-5-11-6)3-7(4-10)9(12)13-2/h3,5H,1-2H3.